The third-order valence-electron chi connectivity index (χ3n) is 6.99. The van der Waals surface area contributed by atoms with E-state index in [0.29, 0.717) is 44.9 Å². The van der Waals surface area contributed by atoms with Gasteiger partial charge in [-0.05, 0) is 86.0 Å². The topological polar surface area (TPSA) is 96.7 Å². The number of hydrogen-bond donors (Lipinski definition) is 2. The molecular weight excluding hydrogens is 631 g/mol. The molecule has 8 nitrogen and oxygen atoms in total. The van der Waals surface area contributed by atoms with Crippen molar-refractivity contribution in [2.45, 2.75) is 32.8 Å². The Bertz CT molecular complexity index is 2030. The van der Waals surface area contributed by atoms with Crippen LogP contribution in [0.4, 0.5) is 5.69 Å². The van der Waals surface area contributed by atoms with Crippen molar-refractivity contribution < 1.29 is 18.3 Å². The Balaban J connectivity index is 1.36. The molecule has 2 heterocycles. The Morgan fingerprint density at radius 2 is 1.62 bits per heavy atom. The van der Waals surface area contributed by atoms with Gasteiger partial charge in [0.1, 0.15) is 17.2 Å². The Morgan fingerprint density at radius 1 is 0.889 bits per heavy atom. The van der Waals surface area contributed by atoms with Gasteiger partial charge in [0.25, 0.3) is 0 Å². The maximum Gasteiger partial charge on any atom is 0.330 e. The van der Waals surface area contributed by atoms with Crippen molar-refractivity contribution in [1.82, 2.24) is 14.3 Å². The smallest absolute Gasteiger partial charge is 0.330 e. The molecule has 0 aliphatic carbocycles. The first-order valence-electron chi connectivity index (χ1n) is 14.1. The second-order valence-electron chi connectivity index (χ2n) is 11.6. The number of halogens is 2. The van der Waals surface area contributed by atoms with Crippen molar-refractivity contribution in [3.8, 4) is 33.8 Å². The summed E-state index contributed by atoms with van der Waals surface area (Å²) < 4.78 is 36.1. The fourth-order valence-electron chi connectivity index (χ4n) is 5.07. The molecule has 0 saturated heterocycles. The summed E-state index contributed by atoms with van der Waals surface area (Å²) in [6.45, 7) is 6.07. The lowest BCUT2D eigenvalue weighted by molar-refractivity contribution is 0.131. The van der Waals surface area contributed by atoms with Crippen LogP contribution in [0.5, 0.6) is 5.75 Å². The van der Waals surface area contributed by atoms with Crippen LogP contribution in [0, 0.1) is 0 Å². The van der Waals surface area contributed by atoms with E-state index in [-0.39, 0.29) is 5.60 Å². The van der Waals surface area contributed by atoms with Gasteiger partial charge in [0.2, 0.25) is 5.88 Å². The zero-order valence-corrected chi connectivity index (χ0v) is 27.0. The first-order valence-corrected chi connectivity index (χ1v) is 16.3. The molecule has 5 aromatic rings. The predicted molar refractivity (Wildman–Crippen MR) is 179 cm³/mol. The molecule has 1 aliphatic rings. The largest absolute Gasteiger partial charge is 0.493 e. The monoisotopic (exact) mass is 660 g/mol. The average Bonchev–Trinajstić information content (AvgIpc) is 3.51. The van der Waals surface area contributed by atoms with Gasteiger partial charge in [0, 0.05) is 28.9 Å². The number of aliphatic hydroxyl groups excluding tert-OH is 1. The molecule has 1 aliphatic heterocycles. The summed E-state index contributed by atoms with van der Waals surface area (Å²) in [5, 5.41) is 10.8. The van der Waals surface area contributed by atoms with E-state index in [1.165, 1.54) is 0 Å². The van der Waals surface area contributed by atoms with Gasteiger partial charge in [-0.25, -0.2) is 14.0 Å². The molecule has 6 rings (SSSR count). The lowest BCUT2D eigenvalue weighted by atomic mass is 10.0. The number of nitrogens with zero attached hydrogens (tertiary/aromatic N) is 3. The fraction of sp³-hybridized carbons (Fsp3) is 0.147. The highest BCUT2D eigenvalue weighted by atomic mass is 35.5. The van der Waals surface area contributed by atoms with Crippen LogP contribution in [0.1, 0.15) is 32.2 Å². The number of hydrogen-bond acceptors (Lipinski definition) is 5. The Morgan fingerprint density at radius 3 is 2.31 bits per heavy atom. The number of rotatable bonds is 7. The highest BCUT2D eigenvalue weighted by molar-refractivity contribution is 7.91. The molecule has 0 amide bonds. The van der Waals surface area contributed by atoms with Gasteiger partial charge in [-0.3, -0.25) is 0 Å². The molecular formula is C34H30Cl2N4O4S. The zero-order valence-electron chi connectivity index (χ0n) is 24.7. The van der Waals surface area contributed by atoms with Crippen LogP contribution >= 0.6 is 23.2 Å². The number of aliphatic hydroxyl groups is 1. The van der Waals surface area contributed by atoms with E-state index >= 15 is 0 Å². The highest BCUT2D eigenvalue weighted by Gasteiger charge is 2.29. The maximum absolute atomic E-state index is 12.5. The number of imidazole rings is 1. The van der Waals surface area contributed by atoms with E-state index in [2.05, 4.69) is 35.1 Å². The molecule has 45 heavy (non-hydrogen) atoms. The highest BCUT2D eigenvalue weighted by Crippen LogP contribution is 2.33. The summed E-state index contributed by atoms with van der Waals surface area (Å²) in [5.41, 5.74) is 5.20. The van der Waals surface area contributed by atoms with Gasteiger partial charge in [0.05, 0.1) is 22.6 Å². The normalized spacial score (nSPS) is 14.2. The molecule has 0 radical (unpaired) electrons. The number of ether oxygens (including phenoxy) is 1. The molecule has 1 aromatic heterocycles. The average molecular weight is 662 g/mol. The molecule has 0 atom stereocenters. The maximum atomic E-state index is 12.5. The van der Waals surface area contributed by atoms with Crippen molar-refractivity contribution in [3.05, 3.63) is 131 Å². The van der Waals surface area contributed by atoms with Crippen LogP contribution in [0.2, 0.25) is 10.0 Å². The molecule has 11 heteroatoms. The van der Waals surface area contributed by atoms with Crippen molar-refractivity contribution in [1.29, 1.82) is 0 Å². The molecule has 0 bridgehead atoms. The van der Waals surface area contributed by atoms with E-state index in [1.54, 1.807) is 30.3 Å². The lowest BCUT2D eigenvalue weighted by Gasteiger charge is -2.21. The number of nitrogens with one attached hydrogen (secondary N) is 1. The Labute approximate surface area is 272 Å². The molecule has 2 N–H and O–H groups in total. The molecule has 0 saturated carbocycles. The van der Waals surface area contributed by atoms with Crippen LogP contribution in [0.3, 0.4) is 0 Å². The van der Waals surface area contributed by atoms with E-state index in [1.807, 2.05) is 61.9 Å². The third-order valence-corrected chi connectivity index (χ3v) is 8.84. The van der Waals surface area contributed by atoms with Crippen LogP contribution in [0.25, 0.3) is 28.1 Å². The van der Waals surface area contributed by atoms with E-state index < -0.39 is 16.1 Å². The van der Waals surface area contributed by atoms with Gasteiger partial charge in [-0.2, -0.15) is 8.42 Å². The summed E-state index contributed by atoms with van der Waals surface area (Å²) in [6, 6.07) is 28.5. The number of anilines is 1. The molecule has 0 fully saturated rings. The van der Waals surface area contributed by atoms with Crippen molar-refractivity contribution in [2.24, 2.45) is 0 Å². The van der Waals surface area contributed by atoms with Crippen LogP contribution < -0.4 is 13.8 Å². The van der Waals surface area contributed by atoms with Gasteiger partial charge >= 0.3 is 10.2 Å². The standard InChI is InChI=1S/C34H30Cl2N4O4S/c1-34(2,3)44-28-9-4-6-24(17-28)23-12-10-22(11-13-23)16-32-37-31(29-15-14-25(35)18-30(29)36)20-39(32)26-7-5-8-27(19-26)40-21-33(41)38-45(40,42)43/h4-15,17-21,38,41H,16H2,1-3H3. The second-order valence-corrected chi connectivity index (χ2v) is 14.0. The Kier molecular flexibility index (Phi) is 8.03. The summed E-state index contributed by atoms with van der Waals surface area (Å²) in [6.07, 6.45) is 3.46. The number of benzene rings is 4. The van der Waals surface area contributed by atoms with Gasteiger partial charge in [-0.1, -0.05) is 65.7 Å². The molecule has 0 unspecified atom stereocenters. The van der Waals surface area contributed by atoms with Gasteiger partial charge in [0.15, 0.2) is 0 Å². The minimum Gasteiger partial charge on any atom is -0.493 e. The first-order chi connectivity index (χ1) is 21.3. The summed E-state index contributed by atoms with van der Waals surface area (Å²) in [7, 11) is -3.96. The molecule has 4 aromatic carbocycles. The van der Waals surface area contributed by atoms with Gasteiger partial charge < -0.3 is 14.4 Å². The van der Waals surface area contributed by atoms with Crippen LogP contribution in [-0.2, 0) is 16.6 Å². The quantitative estimate of drug-likeness (QED) is 0.183. The second kappa shape index (κ2) is 11.8. The summed E-state index contributed by atoms with van der Waals surface area (Å²) in [4.78, 5) is 4.96. The van der Waals surface area contributed by atoms with Crippen LogP contribution in [-0.4, -0.2) is 28.7 Å². The van der Waals surface area contributed by atoms with Crippen molar-refractivity contribution in [3.63, 3.8) is 0 Å². The molecule has 230 valence electrons. The van der Waals surface area contributed by atoms with Crippen molar-refractivity contribution in [2.75, 3.05) is 4.31 Å². The van der Waals surface area contributed by atoms with E-state index in [9.17, 15) is 13.5 Å². The summed E-state index contributed by atoms with van der Waals surface area (Å²) in [5.74, 6) is 1.06. The van der Waals surface area contributed by atoms with E-state index in [4.69, 9.17) is 32.9 Å². The van der Waals surface area contributed by atoms with Crippen molar-refractivity contribution >= 4 is 39.1 Å². The minimum atomic E-state index is -3.96. The SMILES string of the molecule is CC(C)(C)Oc1cccc(-c2ccc(Cc3nc(-c4ccc(Cl)cc4Cl)cn3-c3cccc(N4C=C(O)NS4(=O)=O)c3)cc2)c1. The van der Waals surface area contributed by atoms with E-state index in [0.717, 1.165) is 32.9 Å². The number of aromatic nitrogens is 2. The third kappa shape index (κ3) is 6.81. The molecule has 0 spiro atoms. The first kappa shape index (κ1) is 30.6. The lowest BCUT2D eigenvalue weighted by Crippen LogP contribution is -2.29. The van der Waals surface area contributed by atoms with Gasteiger partial charge in [-0.15, -0.1) is 0 Å². The predicted octanol–water partition coefficient (Wildman–Crippen LogP) is 8.29. The zero-order chi connectivity index (χ0) is 31.9. The fourth-order valence-corrected chi connectivity index (χ4v) is 6.62. The minimum absolute atomic E-state index is 0.295. The Hall–Kier alpha value is -4.44. The van der Waals surface area contributed by atoms with Crippen LogP contribution in [0.15, 0.2) is 109 Å². The summed E-state index contributed by atoms with van der Waals surface area (Å²) >= 11 is 12.7.